The van der Waals surface area contributed by atoms with E-state index in [0.29, 0.717) is 29.6 Å². The van der Waals surface area contributed by atoms with E-state index >= 15 is 0 Å². The van der Waals surface area contributed by atoms with Crippen molar-refractivity contribution in [2.24, 2.45) is 0 Å². The summed E-state index contributed by atoms with van der Waals surface area (Å²) in [6, 6.07) is 15.2. The number of aromatic nitrogens is 3. The lowest BCUT2D eigenvalue weighted by molar-refractivity contribution is 0.288. The Morgan fingerprint density at radius 2 is 1.89 bits per heavy atom. The number of ether oxygens (including phenoxy) is 1. The minimum absolute atomic E-state index is 0.211. The molecule has 3 rings (SSSR count). The Morgan fingerprint density at radius 3 is 2.61 bits per heavy atom. The highest BCUT2D eigenvalue weighted by molar-refractivity contribution is 8.00. The van der Waals surface area contributed by atoms with Gasteiger partial charge in [0, 0.05) is 22.9 Å². The van der Waals surface area contributed by atoms with Gasteiger partial charge in [-0.1, -0.05) is 36.0 Å². The second-order valence-corrected chi connectivity index (χ2v) is 8.38. The third kappa shape index (κ3) is 5.53. The molecule has 0 fully saturated rings. The molecular formula is C20H20FN3O2S2. The highest BCUT2D eigenvalue weighted by Crippen LogP contribution is 2.20. The van der Waals surface area contributed by atoms with Crippen LogP contribution in [0, 0.1) is 5.82 Å². The summed E-state index contributed by atoms with van der Waals surface area (Å²) in [6.45, 7) is 4.53. The summed E-state index contributed by atoms with van der Waals surface area (Å²) >= 11 is 1.50. The van der Waals surface area contributed by atoms with Crippen LogP contribution in [0.4, 0.5) is 4.39 Å². The third-order valence-electron chi connectivity index (χ3n) is 3.79. The van der Waals surface area contributed by atoms with Crippen molar-refractivity contribution in [3.63, 3.8) is 0 Å². The minimum Gasteiger partial charge on any atom is -0.486 e. The number of halogens is 1. The largest absolute Gasteiger partial charge is 0.486 e. The van der Waals surface area contributed by atoms with Crippen LogP contribution < -0.4 is 4.74 Å². The molecule has 1 unspecified atom stereocenters. The molecule has 1 aromatic heterocycles. The summed E-state index contributed by atoms with van der Waals surface area (Å²) in [7, 11) is -1.04. The maximum absolute atomic E-state index is 13.0. The molecule has 0 aliphatic carbocycles. The van der Waals surface area contributed by atoms with E-state index < -0.39 is 10.8 Å². The van der Waals surface area contributed by atoms with E-state index in [1.165, 1.54) is 23.9 Å². The Kier molecular flexibility index (Phi) is 7.39. The predicted molar refractivity (Wildman–Crippen MR) is 109 cm³/mol. The van der Waals surface area contributed by atoms with Crippen LogP contribution in [0.15, 0.2) is 77.3 Å². The highest BCUT2D eigenvalue weighted by Gasteiger charge is 2.13. The monoisotopic (exact) mass is 417 g/mol. The Bertz CT molecular complexity index is 930. The highest BCUT2D eigenvalue weighted by atomic mass is 32.2. The number of nitrogens with zero attached hydrogens (tertiary/aromatic N) is 3. The second kappa shape index (κ2) is 10.2. The minimum atomic E-state index is -1.04. The molecular weight excluding hydrogens is 397 g/mol. The van der Waals surface area contributed by atoms with Crippen LogP contribution in [0.25, 0.3) is 0 Å². The summed E-state index contributed by atoms with van der Waals surface area (Å²) in [4.78, 5) is 0.823. The molecule has 1 heterocycles. The molecule has 0 radical (unpaired) electrons. The SMILES string of the molecule is C=CCn1c(COc2ccc(F)cc2)nnc1SCCS(=O)c1ccccc1. The first-order valence-electron chi connectivity index (χ1n) is 8.65. The maximum Gasteiger partial charge on any atom is 0.191 e. The molecule has 5 nitrogen and oxygen atoms in total. The molecule has 0 saturated heterocycles. The Labute approximate surface area is 170 Å². The van der Waals surface area contributed by atoms with E-state index in [-0.39, 0.29) is 12.4 Å². The first kappa shape index (κ1) is 20.3. The Hall–Kier alpha value is -2.45. The van der Waals surface area contributed by atoms with Crippen molar-refractivity contribution >= 4 is 22.6 Å². The van der Waals surface area contributed by atoms with Gasteiger partial charge in [0.25, 0.3) is 0 Å². The van der Waals surface area contributed by atoms with E-state index in [2.05, 4.69) is 16.8 Å². The fourth-order valence-electron chi connectivity index (χ4n) is 2.42. The van der Waals surface area contributed by atoms with Gasteiger partial charge in [-0.2, -0.15) is 0 Å². The molecule has 28 heavy (non-hydrogen) atoms. The van der Waals surface area contributed by atoms with Gasteiger partial charge in [-0.3, -0.25) is 8.78 Å². The van der Waals surface area contributed by atoms with Gasteiger partial charge < -0.3 is 4.74 Å². The predicted octanol–water partition coefficient (Wildman–Crippen LogP) is 4.08. The normalized spacial score (nSPS) is 11.9. The topological polar surface area (TPSA) is 57.0 Å². The number of rotatable bonds is 10. The lowest BCUT2D eigenvalue weighted by atomic mass is 10.3. The van der Waals surface area contributed by atoms with Crippen LogP contribution in [0.2, 0.25) is 0 Å². The van der Waals surface area contributed by atoms with Crippen molar-refractivity contribution in [2.45, 2.75) is 23.2 Å². The zero-order chi connectivity index (χ0) is 19.8. The van der Waals surface area contributed by atoms with Crippen LogP contribution in [-0.4, -0.2) is 30.5 Å². The Morgan fingerprint density at radius 1 is 1.14 bits per heavy atom. The smallest absolute Gasteiger partial charge is 0.191 e. The maximum atomic E-state index is 13.0. The van der Waals surface area contributed by atoms with Crippen LogP contribution in [0.1, 0.15) is 5.82 Å². The van der Waals surface area contributed by atoms with Crippen LogP contribution >= 0.6 is 11.8 Å². The number of benzene rings is 2. The molecule has 1 atom stereocenters. The van der Waals surface area contributed by atoms with Crippen molar-refractivity contribution in [1.29, 1.82) is 0 Å². The van der Waals surface area contributed by atoms with Gasteiger partial charge >= 0.3 is 0 Å². The fourth-order valence-corrected chi connectivity index (χ4v) is 4.67. The van der Waals surface area contributed by atoms with Gasteiger partial charge in [0.2, 0.25) is 0 Å². The quantitative estimate of drug-likeness (QED) is 0.367. The van der Waals surface area contributed by atoms with Gasteiger partial charge in [-0.05, 0) is 36.4 Å². The summed E-state index contributed by atoms with van der Waals surface area (Å²) < 4.78 is 32.9. The average molecular weight is 418 g/mol. The van der Waals surface area contributed by atoms with Gasteiger partial charge in [0.15, 0.2) is 11.0 Å². The lowest BCUT2D eigenvalue weighted by Gasteiger charge is -2.09. The third-order valence-corrected chi connectivity index (χ3v) is 6.39. The molecule has 0 N–H and O–H groups in total. The summed E-state index contributed by atoms with van der Waals surface area (Å²) in [5.74, 6) is 2.07. The summed E-state index contributed by atoms with van der Waals surface area (Å²) in [6.07, 6.45) is 1.76. The van der Waals surface area contributed by atoms with Crippen molar-refractivity contribution in [3.8, 4) is 5.75 Å². The molecule has 0 bridgehead atoms. The standard InChI is InChI=1S/C20H20FN3O2S2/c1-2-12-24-19(15-26-17-10-8-16(21)9-11-17)22-23-20(24)27-13-14-28(25)18-6-4-3-5-7-18/h2-11H,1,12-15H2. The average Bonchev–Trinajstić information content (AvgIpc) is 3.10. The van der Waals surface area contributed by atoms with Crippen LogP contribution in [0.3, 0.4) is 0 Å². The molecule has 0 aliphatic rings. The summed E-state index contributed by atoms with van der Waals surface area (Å²) in [5, 5.41) is 9.14. The zero-order valence-corrected chi connectivity index (χ0v) is 16.8. The second-order valence-electron chi connectivity index (χ2n) is 5.75. The van der Waals surface area contributed by atoms with E-state index in [1.54, 1.807) is 18.2 Å². The molecule has 0 saturated carbocycles. The summed E-state index contributed by atoms with van der Waals surface area (Å²) in [5.41, 5.74) is 0. The Balaban J connectivity index is 1.59. The van der Waals surface area contributed by atoms with E-state index in [0.717, 1.165) is 10.1 Å². The molecule has 2 aromatic carbocycles. The van der Waals surface area contributed by atoms with Gasteiger partial charge in [0.1, 0.15) is 18.2 Å². The lowest BCUT2D eigenvalue weighted by Crippen LogP contribution is -2.08. The fraction of sp³-hybridized carbons (Fsp3) is 0.200. The van der Waals surface area contributed by atoms with E-state index in [9.17, 15) is 8.60 Å². The first-order valence-corrected chi connectivity index (χ1v) is 11.0. The zero-order valence-electron chi connectivity index (χ0n) is 15.2. The van der Waals surface area contributed by atoms with Crippen molar-refractivity contribution < 1.29 is 13.3 Å². The number of allylic oxidation sites excluding steroid dienone is 1. The van der Waals surface area contributed by atoms with Gasteiger partial charge in [0.05, 0.1) is 10.8 Å². The van der Waals surface area contributed by atoms with E-state index in [1.807, 2.05) is 34.9 Å². The van der Waals surface area contributed by atoms with Crippen LogP contribution in [-0.2, 0) is 24.0 Å². The molecule has 146 valence electrons. The molecule has 3 aromatic rings. The van der Waals surface area contributed by atoms with Crippen molar-refractivity contribution in [2.75, 3.05) is 11.5 Å². The van der Waals surface area contributed by atoms with Crippen molar-refractivity contribution in [3.05, 3.63) is 78.9 Å². The van der Waals surface area contributed by atoms with Crippen LogP contribution in [0.5, 0.6) is 5.75 Å². The van der Waals surface area contributed by atoms with Crippen molar-refractivity contribution in [1.82, 2.24) is 14.8 Å². The molecule has 0 spiro atoms. The molecule has 0 aliphatic heterocycles. The molecule has 8 heteroatoms. The number of thioether (sulfide) groups is 1. The molecule has 0 amide bonds. The number of hydrogen-bond acceptors (Lipinski definition) is 5. The van der Waals surface area contributed by atoms with Gasteiger partial charge in [-0.25, -0.2) is 4.39 Å². The van der Waals surface area contributed by atoms with Gasteiger partial charge in [-0.15, -0.1) is 16.8 Å². The first-order chi connectivity index (χ1) is 13.7. The van der Waals surface area contributed by atoms with E-state index in [4.69, 9.17) is 4.74 Å². The number of hydrogen-bond donors (Lipinski definition) is 0.